The van der Waals surface area contributed by atoms with Crippen molar-refractivity contribution in [2.45, 2.75) is 56.0 Å². The van der Waals surface area contributed by atoms with Crippen LogP contribution in [0.1, 0.15) is 54.9 Å². The summed E-state index contributed by atoms with van der Waals surface area (Å²) in [4.78, 5) is 12.9. The van der Waals surface area contributed by atoms with Gasteiger partial charge in [0, 0.05) is 23.1 Å². The number of ketones is 1. The second kappa shape index (κ2) is 20.7. The summed E-state index contributed by atoms with van der Waals surface area (Å²) in [6.07, 6.45) is -52.8. The molecular weight excluding hydrogens is 1130 g/mol. The number of carbonyl (C=O) groups is 1. The van der Waals surface area contributed by atoms with E-state index in [2.05, 4.69) is 12.1 Å². The van der Waals surface area contributed by atoms with E-state index in [0.717, 1.165) is 27.2 Å². The molecule has 0 aliphatic rings. The van der Waals surface area contributed by atoms with E-state index in [1.54, 1.807) is 0 Å². The van der Waals surface area contributed by atoms with E-state index in [1.165, 1.54) is 0 Å². The minimum Gasteiger partial charge on any atom is -0.287 e. The maximum Gasteiger partial charge on any atom is 0.416 e. The van der Waals surface area contributed by atoms with E-state index < -0.39 is 195 Å². The lowest BCUT2D eigenvalue weighted by Gasteiger charge is -2.46. The van der Waals surface area contributed by atoms with Crippen LogP contribution in [0.4, 0.5) is 105 Å². The van der Waals surface area contributed by atoms with E-state index >= 15 is 0 Å². The molecule has 7 aromatic carbocycles. The van der Waals surface area contributed by atoms with E-state index in [-0.39, 0.29) is 5.78 Å². The van der Waals surface area contributed by atoms with Crippen molar-refractivity contribution in [1.82, 2.24) is 0 Å². The van der Waals surface area contributed by atoms with Gasteiger partial charge < -0.3 is 0 Å². The third-order valence-electron chi connectivity index (χ3n) is 12.6. The van der Waals surface area contributed by atoms with Crippen LogP contribution in [-0.2, 0) is 56.0 Å². The van der Waals surface area contributed by atoms with Crippen molar-refractivity contribution in [3.63, 3.8) is 0 Å². The highest BCUT2D eigenvalue weighted by Crippen LogP contribution is 2.41. The minimum atomic E-state index is -6.13. The molecule has 1 aromatic heterocycles. The Morgan fingerprint density at radius 3 is 0.925 bits per heavy atom. The van der Waals surface area contributed by atoms with Gasteiger partial charge in [0.15, 0.2) is 6.20 Å². The number of halogens is 24. The number of fused-ring (bicyclic) bond motifs is 2. The quantitative estimate of drug-likeness (QED) is 0.0674. The number of Topliss-reactive ketones (excluding diaryl/α,β-unsaturated/α-hetero) is 1. The van der Waals surface area contributed by atoms with E-state index in [9.17, 15) is 110 Å². The first-order valence-corrected chi connectivity index (χ1v) is 22.3. The third kappa shape index (κ3) is 12.8. The molecule has 0 atom stereocenters. The highest BCUT2D eigenvalue weighted by molar-refractivity contribution is 7.20. The topological polar surface area (TPSA) is 20.9 Å². The SMILES string of the molecule is FC(F)(F)c1cc([B-](c2cc(C(F)(F)F)cc(C(F)(F)F)c2)(c2cc(C(F)(F)F)cc(C(F)(F)F)c2)c2cc(C(F)(F)F)cc(C(F)(F)F)c2)cc(C(F)(F)F)c1.O=C(C[n+]1cccc2ccccc21)c1cccc2ccccc12. The first-order valence-electron chi connectivity index (χ1n) is 22.3. The number of rotatable bonds is 7. The van der Waals surface area contributed by atoms with E-state index in [1.807, 2.05) is 77.5 Å². The Balaban J connectivity index is 0.000000329. The number of aromatic nitrogens is 1. The molecule has 0 saturated carbocycles. The van der Waals surface area contributed by atoms with E-state index in [4.69, 9.17) is 0 Å². The van der Waals surface area contributed by atoms with Gasteiger partial charge in [-0.05, 0) is 47.2 Å². The van der Waals surface area contributed by atoms with Crippen LogP contribution in [0.2, 0.25) is 0 Å². The van der Waals surface area contributed by atoms with Gasteiger partial charge in [-0.1, -0.05) is 103 Å². The summed E-state index contributed by atoms with van der Waals surface area (Å²) >= 11 is 0. The zero-order valence-corrected chi connectivity index (χ0v) is 39.2. The Morgan fingerprint density at radius 1 is 0.325 bits per heavy atom. The number of hydrogen-bond donors (Lipinski definition) is 0. The van der Waals surface area contributed by atoms with E-state index in [0.29, 0.717) is 6.54 Å². The van der Waals surface area contributed by atoms with Gasteiger partial charge in [0.2, 0.25) is 17.8 Å². The van der Waals surface area contributed by atoms with Crippen molar-refractivity contribution in [1.29, 1.82) is 0 Å². The normalized spacial score (nSPS) is 13.3. The molecule has 0 saturated heterocycles. The summed E-state index contributed by atoms with van der Waals surface area (Å²) in [7, 11) is 0. The summed E-state index contributed by atoms with van der Waals surface area (Å²) in [5.41, 5.74) is -28.4. The van der Waals surface area contributed by atoms with Crippen LogP contribution in [-0.4, -0.2) is 11.9 Å². The summed E-state index contributed by atoms with van der Waals surface area (Å²) in [6.45, 7) is 0.343. The zero-order valence-electron chi connectivity index (χ0n) is 39.2. The lowest BCUT2D eigenvalue weighted by molar-refractivity contribution is -0.657. The molecular formula is C53H28BF24NO. The highest BCUT2D eigenvalue weighted by atomic mass is 19.4. The molecule has 1 heterocycles. The standard InChI is InChI=1S/C32H12BF24.C21H16NO/c34-25(35,36)13-1-14(26(37,38)39)6-21(5-13)33(22-7-15(27(40,41)42)2-16(8-22)28(43,44)45,23-9-17(29(46,47)48)3-18(10-23)30(49,50)51)24-11-19(31(52,53)54)4-20(12-24)32(55,56)57;23-21(19-12-5-9-16-7-1-3-11-18(16)19)15-22-14-6-10-17-8-2-4-13-20(17)22/h1-12H;1-14H,15H2/q-1;+1. The smallest absolute Gasteiger partial charge is 0.287 e. The van der Waals surface area contributed by atoms with Crippen LogP contribution in [0, 0.1) is 0 Å². The average molecular weight is 1160 g/mol. The van der Waals surface area contributed by atoms with Crippen LogP contribution in [0.25, 0.3) is 21.7 Å². The van der Waals surface area contributed by atoms with Crippen molar-refractivity contribution in [2.75, 3.05) is 0 Å². The molecule has 0 spiro atoms. The molecule has 0 bridgehead atoms. The number of hydrogen-bond acceptors (Lipinski definition) is 1. The summed E-state index contributed by atoms with van der Waals surface area (Å²) in [6, 6.07) is 17.3. The van der Waals surface area contributed by atoms with Gasteiger partial charge in [-0.15, -0.1) is 0 Å². The maximum absolute atomic E-state index is 14.2. The van der Waals surface area contributed by atoms with Gasteiger partial charge in [0.1, 0.15) is 6.15 Å². The van der Waals surface area contributed by atoms with Crippen molar-refractivity contribution in [3.05, 3.63) is 208 Å². The minimum absolute atomic E-state index is 0.128. The number of nitrogens with zero attached hydrogens (tertiary/aromatic N) is 1. The van der Waals surface area contributed by atoms with Gasteiger partial charge in [-0.25, -0.2) is 0 Å². The van der Waals surface area contributed by atoms with Crippen molar-refractivity contribution in [3.8, 4) is 0 Å². The fraction of sp³-hybridized carbons (Fsp3) is 0.170. The Morgan fingerprint density at radius 2 is 0.600 bits per heavy atom. The number of pyridine rings is 1. The zero-order chi connectivity index (χ0) is 59.6. The molecule has 0 fully saturated rings. The molecule has 2 nitrogen and oxygen atoms in total. The molecule has 0 unspecified atom stereocenters. The largest absolute Gasteiger partial charge is 0.416 e. The molecule has 0 aliphatic heterocycles. The molecule has 0 amide bonds. The van der Waals surface area contributed by atoms with Crippen molar-refractivity contribution < 1.29 is 115 Å². The summed E-state index contributed by atoms with van der Waals surface area (Å²) in [5.74, 6) is 0.128. The number of benzene rings is 7. The van der Waals surface area contributed by atoms with Gasteiger partial charge >= 0.3 is 49.4 Å². The molecule has 8 rings (SSSR count). The number of alkyl halides is 24. The summed E-state index contributed by atoms with van der Waals surface area (Å²) in [5, 5.41) is 3.25. The second-order valence-corrected chi connectivity index (χ2v) is 17.9. The van der Waals surface area contributed by atoms with Gasteiger partial charge in [-0.3, -0.25) is 4.79 Å². The van der Waals surface area contributed by atoms with Gasteiger partial charge in [-0.2, -0.15) is 132 Å². The van der Waals surface area contributed by atoms with Crippen molar-refractivity contribution in [2.24, 2.45) is 0 Å². The Bertz CT molecular complexity index is 3170. The fourth-order valence-corrected chi connectivity index (χ4v) is 9.14. The Labute approximate surface area is 433 Å². The fourth-order valence-electron chi connectivity index (χ4n) is 9.14. The van der Waals surface area contributed by atoms with Gasteiger partial charge in [0.25, 0.3) is 0 Å². The third-order valence-corrected chi connectivity index (χ3v) is 12.6. The predicted octanol–water partition coefficient (Wildman–Crippen LogP) is 15.4. The molecule has 0 aliphatic carbocycles. The van der Waals surface area contributed by atoms with Crippen LogP contribution >= 0.6 is 0 Å². The van der Waals surface area contributed by atoms with Crippen LogP contribution in [0.15, 0.2) is 158 Å². The monoisotopic (exact) mass is 1160 g/mol. The molecule has 27 heteroatoms. The highest BCUT2D eigenvalue weighted by Gasteiger charge is 2.47. The molecule has 80 heavy (non-hydrogen) atoms. The Hall–Kier alpha value is -7.74. The molecule has 0 N–H and O–H groups in total. The van der Waals surface area contributed by atoms with Crippen LogP contribution in [0.5, 0.6) is 0 Å². The summed E-state index contributed by atoms with van der Waals surface area (Å²) < 4.78 is 343. The number of carbonyl (C=O) groups excluding carboxylic acids is 1. The number of para-hydroxylation sites is 1. The lowest BCUT2D eigenvalue weighted by Crippen LogP contribution is -2.75. The first-order chi connectivity index (χ1) is 36.6. The molecule has 0 radical (unpaired) electrons. The lowest BCUT2D eigenvalue weighted by atomic mass is 9.12. The average Bonchev–Trinajstić information content (AvgIpc) is 3.47. The van der Waals surface area contributed by atoms with Gasteiger partial charge in [0.05, 0.1) is 44.5 Å². The Kier molecular flexibility index (Phi) is 15.5. The second-order valence-electron chi connectivity index (χ2n) is 17.9. The maximum atomic E-state index is 14.2. The first kappa shape index (κ1) is 59.9. The van der Waals surface area contributed by atoms with Crippen molar-refractivity contribution >= 4 is 55.5 Å². The molecule has 8 aromatic rings. The predicted molar refractivity (Wildman–Crippen MR) is 242 cm³/mol. The van der Waals surface area contributed by atoms with Crippen LogP contribution in [0.3, 0.4) is 0 Å². The molecule has 422 valence electrons. The van der Waals surface area contributed by atoms with Crippen LogP contribution < -0.4 is 26.4 Å².